The molecule has 0 radical (unpaired) electrons. The molecule has 1 nitrogen and oxygen atoms in total. The maximum absolute atomic E-state index is 5.66. The lowest BCUT2D eigenvalue weighted by Crippen LogP contribution is -2.29. The SMILES string of the molecule is CC.CC1CCCC(CN)C1C. The molecule has 1 aliphatic carbocycles. The molecule has 1 aliphatic rings. The van der Waals surface area contributed by atoms with Gasteiger partial charge in [-0.2, -0.15) is 0 Å². The second kappa shape index (κ2) is 6.47. The van der Waals surface area contributed by atoms with Crippen LogP contribution in [0.4, 0.5) is 0 Å². The van der Waals surface area contributed by atoms with Gasteiger partial charge >= 0.3 is 0 Å². The predicted molar refractivity (Wildman–Crippen MR) is 56.1 cm³/mol. The van der Waals surface area contributed by atoms with Gasteiger partial charge in [-0.05, 0) is 30.7 Å². The second-order valence-electron chi connectivity index (χ2n) is 3.76. The lowest BCUT2D eigenvalue weighted by Gasteiger charge is -2.33. The van der Waals surface area contributed by atoms with E-state index in [9.17, 15) is 0 Å². The highest BCUT2D eigenvalue weighted by atomic mass is 14.6. The van der Waals surface area contributed by atoms with Crippen molar-refractivity contribution >= 4 is 0 Å². The molecule has 0 aromatic carbocycles. The van der Waals surface area contributed by atoms with Crippen LogP contribution in [0.3, 0.4) is 0 Å². The van der Waals surface area contributed by atoms with Crippen molar-refractivity contribution in [2.45, 2.75) is 47.0 Å². The summed E-state index contributed by atoms with van der Waals surface area (Å²) in [4.78, 5) is 0. The summed E-state index contributed by atoms with van der Waals surface area (Å²) in [7, 11) is 0. The molecular weight excluding hydrogens is 146 g/mol. The van der Waals surface area contributed by atoms with E-state index in [1.54, 1.807) is 0 Å². The summed E-state index contributed by atoms with van der Waals surface area (Å²) in [5, 5.41) is 0. The van der Waals surface area contributed by atoms with Crippen LogP contribution in [-0.4, -0.2) is 6.54 Å². The van der Waals surface area contributed by atoms with E-state index < -0.39 is 0 Å². The van der Waals surface area contributed by atoms with E-state index >= 15 is 0 Å². The Balaban J connectivity index is 0.000000561. The molecule has 3 unspecified atom stereocenters. The summed E-state index contributed by atoms with van der Waals surface area (Å²) in [5.41, 5.74) is 5.66. The maximum atomic E-state index is 5.66. The van der Waals surface area contributed by atoms with E-state index in [-0.39, 0.29) is 0 Å². The Morgan fingerprint density at radius 2 is 1.75 bits per heavy atom. The van der Waals surface area contributed by atoms with E-state index in [2.05, 4.69) is 13.8 Å². The molecule has 1 rings (SSSR count). The fourth-order valence-electron chi connectivity index (χ4n) is 2.02. The first kappa shape index (κ1) is 12.0. The topological polar surface area (TPSA) is 26.0 Å². The van der Waals surface area contributed by atoms with Crippen molar-refractivity contribution in [1.29, 1.82) is 0 Å². The van der Waals surface area contributed by atoms with Crippen LogP contribution in [0, 0.1) is 17.8 Å². The van der Waals surface area contributed by atoms with Gasteiger partial charge in [0, 0.05) is 0 Å². The first-order valence-electron chi connectivity index (χ1n) is 5.45. The Labute approximate surface area is 77.7 Å². The van der Waals surface area contributed by atoms with Gasteiger partial charge in [0.1, 0.15) is 0 Å². The summed E-state index contributed by atoms with van der Waals surface area (Å²) in [6.07, 6.45) is 4.17. The predicted octanol–water partition coefficient (Wildman–Crippen LogP) is 3.04. The van der Waals surface area contributed by atoms with Crippen molar-refractivity contribution in [2.24, 2.45) is 23.5 Å². The highest BCUT2D eigenvalue weighted by Crippen LogP contribution is 2.33. The van der Waals surface area contributed by atoms with Crippen molar-refractivity contribution in [3.05, 3.63) is 0 Å². The molecule has 0 aromatic rings. The van der Waals surface area contributed by atoms with E-state index in [0.717, 1.165) is 24.3 Å². The zero-order valence-corrected chi connectivity index (χ0v) is 9.14. The molecule has 74 valence electrons. The summed E-state index contributed by atoms with van der Waals surface area (Å²) in [6, 6.07) is 0. The highest BCUT2D eigenvalue weighted by Gasteiger charge is 2.25. The number of hydrogen-bond acceptors (Lipinski definition) is 1. The molecule has 0 aliphatic heterocycles. The van der Waals surface area contributed by atoms with Crippen molar-refractivity contribution < 1.29 is 0 Å². The molecule has 0 aromatic heterocycles. The lowest BCUT2D eigenvalue weighted by atomic mass is 9.74. The molecular formula is C11H25N. The Hall–Kier alpha value is -0.0400. The fourth-order valence-corrected chi connectivity index (χ4v) is 2.02. The minimum atomic E-state index is 0.809. The monoisotopic (exact) mass is 171 g/mol. The third kappa shape index (κ3) is 3.14. The molecule has 1 saturated carbocycles. The van der Waals surface area contributed by atoms with Gasteiger partial charge in [0.05, 0.1) is 0 Å². The lowest BCUT2D eigenvalue weighted by molar-refractivity contribution is 0.188. The van der Waals surface area contributed by atoms with Gasteiger partial charge in [0.15, 0.2) is 0 Å². The molecule has 3 atom stereocenters. The van der Waals surface area contributed by atoms with E-state index in [1.165, 1.54) is 19.3 Å². The quantitative estimate of drug-likeness (QED) is 0.645. The Morgan fingerprint density at radius 3 is 2.17 bits per heavy atom. The summed E-state index contributed by atoms with van der Waals surface area (Å²) in [5.74, 6) is 2.57. The number of hydrogen-bond donors (Lipinski definition) is 1. The van der Waals surface area contributed by atoms with Crippen LogP contribution in [0.1, 0.15) is 47.0 Å². The van der Waals surface area contributed by atoms with Crippen molar-refractivity contribution in [1.82, 2.24) is 0 Å². The third-order valence-electron chi connectivity index (χ3n) is 3.18. The van der Waals surface area contributed by atoms with Crippen molar-refractivity contribution in [2.75, 3.05) is 6.54 Å². The largest absolute Gasteiger partial charge is 0.330 e. The van der Waals surface area contributed by atoms with Crippen molar-refractivity contribution in [3.8, 4) is 0 Å². The Morgan fingerprint density at radius 1 is 1.17 bits per heavy atom. The molecule has 0 heterocycles. The highest BCUT2D eigenvalue weighted by molar-refractivity contribution is 4.77. The van der Waals surface area contributed by atoms with Gasteiger partial charge in [-0.25, -0.2) is 0 Å². The van der Waals surface area contributed by atoms with E-state index in [0.29, 0.717) is 0 Å². The summed E-state index contributed by atoms with van der Waals surface area (Å²) < 4.78 is 0. The van der Waals surface area contributed by atoms with Crippen LogP contribution in [0.2, 0.25) is 0 Å². The summed E-state index contributed by atoms with van der Waals surface area (Å²) in [6.45, 7) is 9.60. The van der Waals surface area contributed by atoms with Gasteiger partial charge < -0.3 is 5.73 Å². The second-order valence-corrected chi connectivity index (χ2v) is 3.76. The van der Waals surface area contributed by atoms with E-state index in [4.69, 9.17) is 5.73 Å². The van der Waals surface area contributed by atoms with E-state index in [1.807, 2.05) is 13.8 Å². The average Bonchev–Trinajstić information content (AvgIpc) is 2.13. The number of nitrogens with two attached hydrogens (primary N) is 1. The first-order chi connectivity index (χ1) is 5.75. The number of rotatable bonds is 1. The van der Waals surface area contributed by atoms with Gasteiger partial charge in [0.25, 0.3) is 0 Å². The summed E-state index contributed by atoms with van der Waals surface area (Å²) >= 11 is 0. The standard InChI is InChI=1S/C9H19N.C2H6/c1-7-4-3-5-9(6-10)8(7)2;1-2/h7-9H,3-6,10H2,1-2H3;1-2H3. The Kier molecular flexibility index (Phi) is 6.45. The average molecular weight is 171 g/mol. The molecule has 0 bridgehead atoms. The minimum Gasteiger partial charge on any atom is -0.330 e. The molecule has 0 spiro atoms. The van der Waals surface area contributed by atoms with Crippen LogP contribution in [0.5, 0.6) is 0 Å². The van der Waals surface area contributed by atoms with Crippen LogP contribution in [0.15, 0.2) is 0 Å². The van der Waals surface area contributed by atoms with Gasteiger partial charge in [-0.3, -0.25) is 0 Å². The van der Waals surface area contributed by atoms with Crippen LogP contribution < -0.4 is 5.73 Å². The first-order valence-corrected chi connectivity index (χ1v) is 5.45. The zero-order valence-electron chi connectivity index (χ0n) is 9.14. The van der Waals surface area contributed by atoms with Gasteiger partial charge in [-0.15, -0.1) is 0 Å². The van der Waals surface area contributed by atoms with Crippen LogP contribution >= 0.6 is 0 Å². The van der Waals surface area contributed by atoms with Crippen LogP contribution in [-0.2, 0) is 0 Å². The third-order valence-corrected chi connectivity index (χ3v) is 3.18. The molecule has 12 heavy (non-hydrogen) atoms. The Bertz CT molecular complexity index is 101. The van der Waals surface area contributed by atoms with Crippen LogP contribution in [0.25, 0.3) is 0 Å². The fraction of sp³-hybridized carbons (Fsp3) is 1.00. The minimum absolute atomic E-state index is 0.809. The molecule has 2 N–H and O–H groups in total. The molecule has 1 heteroatoms. The van der Waals surface area contributed by atoms with Gasteiger partial charge in [0.2, 0.25) is 0 Å². The van der Waals surface area contributed by atoms with Gasteiger partial charge in [-0.1, -0.05) is 40.5 Å². The maximum Gasteiger partial charge on any atom is -0.00462 e. The smallest absolute Gasteiger partial charge is 0.00462 e. The molecule has 0 amide bonds. The molecule has 1 fully saturated rings. The molecule has 0 saturated heterocycles. The van der Waals surface area contributed by atoms with Crippen molar-refractivity contribution in [3.63, 3.8) is 0 Å². The normalized spacial score (nSPS) is 35.2. The zero-order chi connectivity index (χ0) is 9.56.